The van der Waals surface area contributed by atoms with E-state index in [1.54, 1.807) is 11.3 Å². The van der Waals surface area contributed by atoms with Crippen LogP contribution in [0.25, 0.3) is 0 Å². The van der Waals surface area contributed by atoms with Crippen molar-refractivity contribution in [3.63, 3.8) is 0 Å². The minimum Gasteiger partial charge on any atom is -0.363 e. The molecule has 4 nitrogen and oxygen atoms in total. The third kappa shape index (κ3) is 3.60. The van der Waals surface area contributed by atoms with E-state index in [0.29, 0.717) is 5.92 Å². The van der Waals surface area contributed by atoms with Gasteiger partial charge in [0.05, 0.1) is 11.2 Å². The molecule has 0 aromatic carbocycles. The number of likely N-dealkylation sites (tertiary alicyclic amines) is 1. The van der Waals surface area contributed by atoms with Crippen molar-refractivity contribution in [3.8, 4) is 0 Å². The predicted octanol–water partition coefficient (Wildman–Crippen LogP) is 2.98. The Hall–Kier alpha value is -1.46. The summed E-state index contributed by atoms with van der Waals surface area (Å²) in [5.41, 5.74) is 4.53. The Kier molecular flexibility index (Phi) is 4.51. The highest BCUT2D eigenvalue weighted by molar-refractivity contribution is 7.07. The lowest BCUT2D eigenvalue weighted by Gasteiger charge is -2.32. The molecule has 21 heavy (non-hydrogen) atoms. The minimum atomic E-state index is 0.610. The monoisotopic (exact) mass is 302 g/mol. The first kappa shape index (κ1) is 14.5. The lowest BCUT2D eigenvalue weighted by molar-refractivity contribution is 0.198. The Morgan fingerprint density at radius 2 is 2.29 bits per heavy atom. The van der Waals surface area contributed by atoms with Crippen molar-refractivity contribution in [2.75, 3.05) is 32.1 Å². The zero-order valence-electron chi connectivity index (χ0n) is 12.7. The highest BCUT2D eigenvalue weighted by Gasteiger charge is 2.22. The molecule has 3 rings (SSSR count). The summed E-state index contributed by atoms with van der Waals surface area (Å²) >= 11 is 1.68. The SMILES string of the molecule is CN(C)c1cc(C2CCCN(Cc3cscn3)C2)ccn1. The highest BCUT2D eigenvalue weighted by Crippen LogP contribution is 2.28. The normalized spacial score (nSPS) is 19.6. The number of piperidine rings is 1. The molecule has 0 radical (unpaired) electrons. The Balaban J connectivity index is 1.69. The summed E-state index contributed by atoms with van der Waals surface area (Å²) in [6.07, 6.45) is 4.46. The number of hydrogen-bond donors (Lipinski definition) is 0. The van der Waals surface area contributed by atoms with Crippen LogP contribution in [0.1, 0.15) is 30.0 Å². The number of hydrogen-bond acceptors (Lipinski definition) is 5. The van der Waals surface area contributed by atoms with Gasteiger partial charge in [-0.3, -0.25) is 4.90 Å². The van der Waals surface area contributed by atoms with E-state index in [1.807, 2.05) is 25.8 Å². The summed E-state index contributed by atoms with van der Waals surface area (Å²) in [6.45, 7) is 3.28. The molecule has 0 bridgehead atoms. The van der Waals surface area contributed by atoms with Gasteiger partial charge < -0.3 is 4.90 Å². The molecule has 2 aromatic heterocycles. The second-order valence-electron chi connectivity index (χ2n) is 5.90. The van der Waals surface area contributed by atoms with Gasteiger partial charge in [0, 0.05) is 38.8 Å². The zero-order chi connectivity index (χ0) is 14.7. The van der Waals surface area contributed by atoms with Crippen molar-refractivity contribution >= 4 is 17.2 Å². The van der Waals surface area contributed by atoms with Crippen LogP contribution in [0, 0.1) is 0 Å². The molecular formula is C16H22N4S. The fourth-order valence-electron chi connectivity index (χ4n) is 2.95. The second kappa shape index (κ2) is 6.54. The summed E-state index contributed by atoms with van der Waals surface area (Å²) in [4.78, 5) is 13.4. The first-order valence-corrected chi connectivity index (χ1v) is 8.39. The first-order valence-electron chi connectivity index (χ1n) is 7.45. The predicted molar refractivity (Wildman–Crippen MR) is 87.9 cm³/mol. The van der Waals surface area contributed by atoms with Crippen LogP contribution in [0.15, 0.2) is 29.2 Å². The van der Waals surface area contributed by atoms with Crippen LogP contribution >= 0.6 is 11.3 Å². The first-order chi connectivity index (χ1) is 10.2. The molecule has 112 valence electrons. The minimum absolute atomic E-state index is 0.610. The Labute approximate surface area is 130 Å². The van der Waals surface area contributed by atoms with Crippen molar-refractivity contribution < 1.29 is 0 Å². The molecule has 3 heterocycles. The third-order valence-corrected chi connectivity index (χ3v) is 4.71. The molecule has 1 fully saturated rings. The molecule has 1 saturated heterocycles. The van der Waals surface area contributed by atoms with Crippen LogP contribution in [0.3, 0.4) is 0 Å². The maximum Gasteiger partial charge on any atom is 0.128 e. The van der Waals surface area contributed by atoms with Crippen LogP contribution < -0.4 is 4.90 Å². The quantitative estimate of drug-likeness (QED) is 0.869. The molecule has 1 aliphatic heterocycles. The van der Waals surface area contributed by atoms with Crippen LogP contribution in [0.5, 0.6) is 0 Å². The van der Waals surface area contributed by atoms with E-state index >= 15 is 0 Å². The largest absolute Gasteiger partial charge is 0.363 e. The van der Waals surface area contributed by atoms with Crippen molar-refractivity contribution in [3.05, 3.63) is 40.5 Å². The summed E-state index contributed by atoms with van der Waals surface area (Å²) in [5, 5.41) is 2.15. The summed E-state index contributed by atoms with van der Waals surface area (Å²) in [7, 11) is 4.09. The van der Waals surface area contributed by atoms with Gasteiger partial charge in [-0.25, -0.2) is 9.97 Å². The van der Waals surface area contributed by atoms with E-state index in [0.717, 1.165) is 18.9 Å². The molecule has 0 N–H and O–H groups in total. The van der Waals surface area contributed by atoms with Crippen molar-refractivity contribution in [1.29, 1.82) is 0 Å². The molecule has 0 spiro atoms. The molecule has 1 atom stereocenters. The standard InChI is InChI=1S/C16H22N4S/c1-19(2)16-8-13(5-6-17-16)14-4-3-7-20(9-14)10-15-11-21-12-18-15/h5-6,8,11-12,14H,3-4,7,9-10H2,1-2H3. The number of rotatable bonds is 4. The lowest BCUT2D eigenvalue weighted by Crippen LogP contribution is -2.34. The van der Waals surface area contributed by atoms with Crippen molar-refractivity contribution in [2.45, 2.75) is 25.3 Å². The Bertz CT molecular complexity index is 567. The second-order valence-corrected chi connectivity index (χ2v) is 6.61. The number of nitrogens with zero attached hydrogens (tertiary/aromatic N) is 4. The van der Waals surface area contributed by atoms with Gasteiger partial charge in [-0.1, -0.05) is 0 Å². The van der Waals surface area contributed by atoms with Crippen molar-refractivity contribution in [2.24, 2.45) is 0 Å². The number of aromatic nitrogens is 2. The molecular weight excluding hydrogens is 280 g/mol. The number of thiazole rings is 1. The van der Waals surface area contributed by atoms with Gasteiger partial charge in [0.2, 0.25) is 0 Å². The molecule has 5 heteroatoms. The summed E-state index contributed by atoms with van der Waals surface area (Å²) in [6, 6.07) is 4.40. The number of anilines is 1. The van der Waals surface area contributed by atoms with E-state index < -0.39 is 0 Å². The van der Waals surface area contributed by atoms with Gasteiger partial charge in [-0.2, -0.15) is 0 Å². The van der Waals surface area contributed by atoms with Crippen LogP contribution in [-0.2, 0) is 6.54 Å². The van der Waals surface area contributed by atoms with Crippen LogP contribution in [-0.4, -0.2) is 42.1 Å². The maximum atomic E-state index is 4.42. The Morgan fingerprint density at radius 1 is 1.38 bits per heavy atom. The van der Waals surface area contributed by atoms with E-state index in [4.69, 9.17) is 0 Å². The molecule has 0 saturated carbocycles. The highest BCUT2D eigenvalue weighted by atomic mass is 32.1. The van der Waals surface area contributed by atoms with Gasteiger partial charge in [-0.15, -0.1) is 11.3 Å². The topological polar surface area (TPSA) is 32.3 Å². The van der Waals surface area contributed by atoms with Gasteiger partial charge in [0.15, 0.2) is 0 Å². The smallest absolute Gasteiger partial charge is 0.128 e. The average Bonchev–Trinajstić information content (AvgIpc) is 3.00. The summed E-state index contributed by atoms with van der Waals surface area (Å²) in [5.74, 6) is 1.66. The fraction of sp³-hybridized carbons (Fsp3) is 0.500. The van der Waals surface area contributed by atoms with Crippen LogP contribution in [0.4, 0.5) is 5.82 Å². The zero-order valence-corrected chi connectivity index (χ0v) is 13.5. The summed E-state index contributed by atoms with van der Waals surface area (Å²) < 4.78 is 0. The van der Waals surface area contributed by atoms with E-state index in [9.17, 15) is 0 Å². The number of pyridine rings is 1. The van der Waals surface area contributed by atoms with E-state index in [-0.39, 0.29) is 0 Å². The fourth-order valence-corrected chi connectivity index (χ4v) is 3.50. The lowest BCUT2D eigenvalue weighted by atomic mass is 9.91. The van der Waals surface area contributed by atoms with Crippen LogP contribution in [0.2, 0.25) is 0 Å². The molecule has 1 unspecified atom stereocenters. The molecule has 0 amide bonds. The van der Waals surface area contributed by atoms with Gasteiger partial charge in [0.25, 0.3) is 0 Å². The van der Waals surface area contributed by atoms with Gasteiger partial charge >= 0.3 is 0 Å². The molecule has 1 aliphatic rings. The van der Waals surface area contributed by atoms with Gasteiger partial charge in [0.1, 0.15) is 5.82 Å². The molecule has 0 aliphatic carbocycles. The van der Waals surface area contributed by atoms with E-state index in [1.165, 1.54) is 30.6 Å². The maximum absolute atomic E-state index is 4.42. The van der Waals surface area contributed by atoms with Crippen molar-refractivity contribution in [1.82, 2.24) is 14.9 Å². The molecule has 2 aromatic rings. The van der Waals surface area contributed by atoms with E-state index in [2.05, 4.69) is 37.3 Å². The third-order valence-electron chi connectivity index (χ3n) is 4.07. The van der Waals surface area contributed by atoms with Gasteiger partial charge in [-0.05, 0) is 43.0 Å². The average molecular weight is 302 g/mol. The Morgan fingerprint density at radius 3 is 3.05 bits per heavy atom.